The zero-order valence-corrected chi connectivity index (χ0v) is 19.3. The topological polar surface area (TPSA) is 75.7 Å². The van der Waals surface area contributed by atoms with Crippen molar-refractivity contribution in [1.29, 1.82) is 0 Å². The number of fused-ring (bicyclic) bond motifs is 1. The first-order valence-corrected chi connectivity index (χ1v) is 11.8. The average Bonchev–Trinajstić information content (AvgIpc) is 2.58. The summed E-state index contributed by atoms with van der Waals surface area (Å²) < 4.78 is 32.2. The van der Waals surface area contributed by atoms with Gasteiger partial charge in [0.25, 0.3) is 0 Å². The van der Waals surface area contributed by atoms with Crippen LogP contribution >= 0.6 is 0 Å². The number of amides is 1. The fraction of sp³-hybridized carbons (Fsp3) is 0.435. The Morgan fingerprint density at radius 2 is 1.77 bits per heavy atom. The molecule has 0 bridgehead atoms. The summed E-state index contributed by atoms with van der Waals surface area (Å²) in [5.41, 5.74) is 3.90. The molecule has 2 aromatic rings. The lowest BCUT2D eigenvalue weighted by Gasteiger charge is -2.38. The number of benzene rings is 2. The molecule has 162 valence electrons. The van der Waals surface area contributed by atoms with Crippen LogP contribution in [0.15, 0.2) is 36.4 Å². The second kappa shape index (κ2) is 7.95. The summed E-state index contributed by atoms with van der Waals surface area (Å²) in [7, 11) is -3.63. The number of anilines is 1. The lowest BCUT2D eigenvalue weighted by atomic mass is 9.89. The molecule has 0 saturated carbocycles. The van der Waals surface area contributed by atoms with Crippen molar-refractivity contribution in [2.75, 3.05) is 17.1 Å². The second-order valence-corrected chi connectivity index (χ2v) is 10.7. The van der Waals surface area contributed by atoms with Gasteiger partial charge < -0.3 is 10.1 Å². The third-order valence-corrected chi connectivity index (χ3v) is 6.40. The van der Waals surface area contributed by atoms with Crippen molar-refractivity contribution in [3.8, 4) is 5.75 Å². The number of nitrogens with one attached hydrogen (secondary N) is 1. The predicted octanol–water partition coefficient (Wildman–Crippen LogP) is 3.80. The monoisotopic (exact) mass is 430 g/mol. The largest absolute Gasteiger partial charge is 0.487 e. The Balaban J connectivity index is 1.86. The van der Waals surface area contributed by atoms with Gasteiger partial charge in [0, 0.05) is 12.0 Å². The van der Waals surface area contributed by atoms with E-state index in [-0.39, 0.29) is 18.5 Å². The van der Waals surface area contributed by atoms with Crippen LogP contribution in [0.5, 0.6) is 5.75 Å². The maximum atomic E-state index is 12.9. The summed E-state index contributed by atoms with van der Waals surface area (Å²) in [5, 5.41) is 3.03. The highest BCUT2D eigenvalue weighted by atomic mass is 32.2. The molecule has 0 aromatic heterocycles. The molecule has 2 aromatic carbocycles. The first-order chi connectivity index (χ1) is 13.9. The fourth-order valence-electron chi connectivity index (χ4n) is 3.92. The van der Waals surface area contributed by atoms with E-state index in [1.54, 1.807) is 6.07 Å². The summed E-state index contributed by atoms with van der Waals surface area (Å²) in [6, 6.07) is 11.2. The maximum Gasteiger partial charge on any atom is 0.241 e. The van der Waals surface area contributed by atoms with Gasteiger partial charge in [0.15, 0.2) is 0 Å². The van der Waals surface area contributed by atoms with Crippen LogP contribution < -0.4 is 14.4 Å². The van der Waals surface area contributed by atoms with Gasteiger partial charge in [-0.15, -0.1) is 0 Å². The van der Waals surface area contributed by atoms with E-state index in [1.165, 1.54) is 0 Å². The Morgan fingerprint density at radius 1 is 1.13 bits per heavy atom. The molecule has 6 nitrogen and oxygen atoms in total. The number of sulfonamides is 1. The minimum atomic E-state index is -3.63. The van der Waals surface area contributed by atoms with E-state index in [4.69, 9.17) is 4.74 Å². The van der Waals surface area contributed by atoms with Crippen LogP contribution in [-0.4, -0.2) is 32.7 Å². The number of carbonyl (C=O) groups excluding carboxylic acids is 1. The zero-order chi connectivity index (χ0) is 22.3. The van der Waals surface area contributed by atoms with Crippen LogP contribution in [-0.2, 0) is 14.8 Å². The third kappa shape index (κ3) is 4.95. The lowest BCUT2D eigenvalue weighted by Crippen LogP contribution is -2.45. The van der Waals surface area contributed by atoms with Gasteiger partial charge in [0.1, 0.15) is 17.9 Å². The highest BCUT2D eigenvalue weighted by Crippen LogP contribution is 2.40. The Bertz CT molecular complexity index is 1080. The van der Waals surface area contributed by atoms with Crippen molar-refractivity contribution in [1.82, 2.24) is 5.32 Å². The normalized spacial score (nSPS) is 17.6. The molecule has 1 aliphatic rings. The standard InChI is InChI=1S/C23H30N2O4S/c1-15-8-10-20(17(3)11-15)25(30(6,27)28)14-22(26)24-19-13-23(4,5)29-21-12-16(2)7-9-18(19)21/h7-12,19H,13-14H2,1-6H3,(H,24,26). The maximum absolute atomic E-state index is 12.9. The van der Waals surface area contributed by atoms with E-state index in [9.17, 15) is 13.2 Å². The molecule has 7 heteroatoms. The molecule has 30 heavy (non-hydrogen) atoms. The first kappa shape index (κ1) is 22.2. The van der Waals surface area contributed by atoms with Gasteiger partial charge in [-0.25, -0.2) is 8.42 Å². The number of aryl methyl sites for hydroxylation is 3. The van der Waals surface area contributed by atoms with E-state index in [1.807, 2.05) is 65.0 Å². The lowest BCUT2D eigenvalue weighted by molar-refractivity contribution is -0.120. The van der Waals surface area contributed by atoms with Crippen LogP contribution in [0, 0.1) is 20.8 Å². The quantitative estimate of drug-likeness (QED) is 0.783. The molecule has 3 rings (SSSR count). The molecule has 1 unspecified atom stereocenters. The number of rotatable bonds is 5. The summed E-state index contributed by atoms with van der Waals surface area (Å²) in [6.07, 6.45) is 1.71. The van der Waals surface area contributed by atoms with Crippen molar-refractivity contribution >= 4 is 21.6 Å². The molecule has 0 spiro atoms. The molecular weight excluding hydrogens is 400 g/mol. The number of hydrogen-bond acceptors (Lipinski definition) is 4. The van der Waals surface area contributed by atoms with Gasteiger partial charge in [-0.3, -0.25) is 9.10 Å². The van der Waals surface area contributed by atoms with Gasteiger partial charge in [-0.05, 0) is 57.9 Å². The number of nitrogens with zero attached hydrogens (tertiary/aromatic N) is 1. The van der Waals surface area contributed by atoms with Gasteiger partial charge >= 0.3 is 0 Å². The zero-order valence-electron chi connectivity index (χ0n) is 18.4. The fourth-order valence-corrected chi connectivity index (χ4v) is 4.84. The van der Waals surface area contributed by atoms with Crippen LogP contribution in [0.1, 0.15) is 48.6 Å². The summed E-state index contributed by atoms with van der Waals surface area (Å²) in [4.78, 5) is 12.9. The molecule has 1 heterocycles. The summed E-state index contributed by atoms with van der Waals surface area (Å²) in [5.74, 6) is 0.403. The average molecular weight is 431 g/mol. The van der Waals surface area contributed by atoms with Crippen molar-refractivity contribution in [2.24, 2.45) is 0 Å². The van der Waals surface area contributed by atoms with E-state index in [0.29, 0.717) is 12.1 Å². The first-order valence-electron chi connectivity index (χ1n) is 10.00. The third-order valence-electron chi connectivity index (χ3n) is 5.27. The number of ether oxygens (including phenoxy) is 1. The minimum absolute atomic E-state index is 0.252. The molecule has 1 N–H and O–H groups in total. The Labute approximate surface area is 179 Å². The van der Waals surface area contributed by atoms with Crippen LogP contribution in [0.3, 0.4) is 0 Å². The minimum Gasteiger partial charge on any atom is -0.487 e. The van der Waals surface area contributed by atoms with E-state index in [2.05, 4.69) is 5.32 Å². The Kier molecular flexibility index (Phi) is 5.87. The van der Waals surface area contributed by atoms with E-state index in [0.717, 1.165) is 38.6 Å². The molecule has 0 saturated heterocycles. The molecule has 0 radical (unpaired) electrons. The van der Waals surface area contributed by atoms with Crippen molar-refractivity contribution in [3.05, 3.63) is 58.7 Å². The summed E-state index contributed by atoms with van der Waals surface area (Å²) >= 11 is 0. The SMILES string of the molecule is Cc1ccc(N(CC(=O)NC2CC(C)(C)Oc3cc(C)ccc32)S(C)(=O)=O)c(C)c1. The Morgan fingerprint density at radius 3 is 2.40 bits per heavy atom. The van der Waals surface area contributed by atoms with Crippen LogP contribution in [0.25, 0.3) is 0 Å². The highest BCUT2D eigenvalue weighted by molar-refractivity contribution is 7.92. The second-order valence-electron chi connectivity index (χ2n) is 8.79. The van der Waals surface area contributed by atoms with Gasteiger partial charge in [0.2, 0.25) is 15.9 Å². The molecule has 0 aliphatic carbocycles. The molecule has 0 fully saturated rings. The number of hydrogen-bond donors (Lipinski definition) is 1. The Hall–Kier alpha value is -2.54. The smallest absolute Gasteiger partial charge is 0.241 e. The van der Waals surface area contributed by atoms with Crippen molar-refractivity contribution in [2.45, 2.75) is 52.7 Å². The number of carbonyl (C=O) groups is 1. The van der Waals surface area contributed by atoms with Crippen molar-refractivity contribution in [3.63, 3.8) is 0 Å². The van der Waals surface area contributed by atoms with Crippen molar-refractivity contribution < 1.29 is 17.9 Å². The van der Waals surface area contributed by atoms with E-state index >= 15 is 0 Å². The highest BCUT2D eigenvalue weighted by Gasteiger charge is 2.35. The molecule has 1 amide bonds. The van der Waals surface area contributed by atoms with E-state index < -0.39 is 15.6 Å². The van der Waals surface area contributed by atoms with Crippen LogP contribution in [0.4, 0.5) is 5.69 Å². The van der Waals surface area contributed by atoms with Gasteiger partial charge in [-0.1, -0.05) is 29.8 Å². The molecule has 1 atom stereocenters. The molecule has 1 aliphatic heterocycles. The van der Waals surface area contributed by atoms with Gasteiger partial charge in [0.05, 0.1) is 18.0 Å². The summed E-state index contributed by atoms with van der Waals surface area (Å²) in [6.45, 7) is 9.47. The molecular formula is C23H30N2O4S. The van der Waals surface area contributed by atoms with Crippen LogP contribution in [0.2, 0.25) is 0 Å². The van der Waals surface area contributed by atoms with Gasteiger partial charge in [-0.2, -0.15) is 0 Å². The predicted molar refractivity (Wildman–Crippen MR) is 119 cm³/mol.